The van der Waals surface area contributed by atoms with Gasteiger partial charge in [-0.3, -0.25) is 9.79 Å². The molecular formula is C22H22N2O. The topological polar surface area (TPSA) is 32.7 Å². The number of carbonyl (C=O) groups excluding carboxylic acids is 1. The highest BCUT2D eigenvalue weighted by Gasteiger charge is 2.26. The summed E-state index contributed by atoms with van der Waals surface area (Å²) < 4.78 is 0. The van der Waals surface area contributed by atoms with Crippen LogP contribution < -0.4 is 0 Å². The lowest BCUT2D eigenvalue weighted by Crippen LogP contribution is -2.40. The predicted octanol–water partition coefficient (Wildman–Crippen LogP) is 4.56. The molecule has 0 N–H and O–H groups in total. The third-order valence-corrected chi connectivity index (χ3v) is 5.17. The first kappa shape index (κ1) is 15.8. The van der Waals surface area contributed by atoms with Crippen LogP contribution >= 0.6 is 0 Å². The maximum Gasteiger partial charge on any atom is 0.253 e. The average Bonchev–Trinajstić information content (AvgIpc) is 3.23. The fourth-order valence-corrected chi connectivity index (χ4v) is 3.68. The number of aliphatic imine (C=N–C) groups is 1. The van der Waals surface area contributed by atoms with Crippen molar-refractivity contribution in [1.29, 1.82) is 0 Å². The molecule has 0 spiro atoms. The predicted molar refractivity (Wildman–Crippen MR) is 102 cm³/mol. The molecule has 1 saturated heterocycles. The van der Waals surface area contributed by atoms with E-state index in [2.05, 4.69) is 23.2 Å². The third-order valence-electron chi connectivity index (χ3n) is 5.17. The molecule has 1 fully saturated rings. The van der Waals surface area contributed by atoms with Gasteiger partial charge >= 0.3 is 0 Å². The minimum atomic E-state index is 0.143. The second-order valence-electron chi connectivity index (χ2n) is 6.72. The molecule has 2 aromatic rings. The third kappa shape index (κ3) is 3.41. The fourth-order valence-electron chi connectivity index (χ4n) is 3.68. The monoisotopic (exact) mass is 330 g/mol. The highest BCUT2D eigenvalue weighted by atomic mass is 16.2. The van der Waals surface area contributed by atoms with Crippen molar-refractivity contribution in [2.45, 2.75) is 19.3 Å². The zero-order valence-electron chi connectivity index (χ0n) is 14.3. The summed E-state index contributed by atoms with van der Waals surface area (Å²) in [6.45, 7) is 1.64. The van der Waals surface area contributed by atoms with Crippen molar-refractivity contribution in [1.82, 2.24) is 4.90 Å². The molecule has 25 heavy (non-hydrogen) atoms. The molecule has 126 valence electrons. The van der Waals surface area contributed by atoms with E-state index in [1.54, 1.807) is 0 Å². The van der Waals surface area contributed by atoms with Gasteiger partial charge in [-0.25, -0.2) is 0 Å². The van der Waals surface area contributed by atoms with E-state index in [4.69, 9.17) is 0 Å². The largest absolute Gasteiger partial charge is 0.339 e. The van der Waals surface area contributed by atoms with Crippen LogP contribution in [0.1, 0.15) is 29.6 Å². The summed E-state index contributed by atoms with van der Waals surface area (Å²) >= 11 is 0. The molecule has 0 atom stereocenters. The molecule has 4 rings (SSSR count). The van der Waals surface area contributed by atoms with E-state index in [0.717, 1.165) is 43.5 Å². The van der Waals surface area contributed by atoms with E-state index < -0.39 is 0 Å². The highest BCUT2D eigenvalue weighted by molar-refractivity contribution is 5.95. The van der Waals surface area contributed by atoms with Crippen molar-refractivity contribution in [3.63, 3.8) is 0 Å². The summed E-state index contributed by atoms with van der Waals surface area (Å²) in [5, 5.41) is 0. The second-order valence-corrected chi connectivity index (χ2v) is 6.72. The van der Waals surface area contributed by atoms with Gasteiger partial charge in [0.2, 0.25) is 0 Å². The Kier molecular flexibility index (Phi) is 4.47. The summed E-state index contributed by atoms with van der Waals surface area (Å²) in [7, 11) is 0. The Hall–Kier alpha value is -2.68. The molecule has 0 saturated carbocycles. The Bertz CT molecular complexity index is 798. The van der Waals surface area contributed by atoms with E-state index in [1.807, 2.05) is 53.6 Å². The summed E-state index contributed by atoms with van der Waals surface area (Å²) in [6.07, 6.45) is 7.05. The van der Waals surface area contributed by atoms with Gasteiger partial charge in [-0.1, -0.05) is 48.5 Å². The normalized spacial score (nSPS) is 17.6. The number of hydrogen-bond donors (Lipinski definition) is 0. The number of allylic oxidation sites excluding steroid dienone is 1. The standard InChI is InChI=1S/C22H22N2O/c25-22(24-15-12-19(13-16-24)21-7-4-14-23-21)20-10-8-18(9-11-20)17-5-2-1-3-6-17/h1-6,8-11,14,19H,7,12-13,15-16H2. The summed E-state index contributed by atoms with van der Waals surface area (Å²) in [5.41, 5.74) is 4.38. The Morgan fingerprint density at radius 3 is 2.24 bits per heavy atom. The van der Waals surface area contributed by atoms with Crippen LogP contribution in [0.25, 0.3) is 11.1 Å². The summed E-state index contributed by atoms with van der Waals surface area (Å²) in [6, 6.07) is 18.2. The number of likely N-dealkylation sites (tertiary alicyclic amines) is 1. The van der Waals surface area contributed by atoms with Crippen LogP contribution in [0.5, 0.6) is 0 Å². The molecule has 3 heteroatoms. The number of amides is 1. The molecule has 2 aromatic carbocycles. The number of carbonyl (C=O) groups is 1. The molecular weight excluding hydrogens is 308 g/mol. The number of hydrogen-bond acceptors (Lipinski definition) is 2. The van der Waals surface area contributed by atoms with Gasteiger partial charge in [-0.2, -0.15) is 0 Å². The Morgan fingerprint density at radius 2 is 1.60 bits per heavy atom. The smallest absolute Gasteiger partial charge is 0.253 e. The van der Waals surface area contributed by atoms with Crippen LogP contribution in [0, 0.1) is 5.92 Å². The second kappa shape index (κ2) is 7.06. The molecule has 0 aliphatic carbocycles. The van der Waals surface area contributed by atoms with Crippen LogP contribution in [0.4, 0.5) is 0 Å². The number of piperidine rings is 1. The average molecular weight is 330 g/mol. The van der Waals surface area contributed by atoms with Crippen molar-refractivity contribution in [3.05, 3.63) is 72.4 Å². The van der Waals surface area contributed by atoms with Crippen molar-refractivity contribution < 1.29 is 4.79 Å². The Balaban J connectivity index is 1.40. The zero-order chi connectivity index (χ0) is 17.1. The van der Waals surface area contributed by atoms with Crippen molar-refractivity contribution >= 4 is 11.6 Å². The van der Waals surface area contributed by atoms with Gasteiger partial charge in [-0.15, -0.1) is 0 Å². The maximum absolute atomic E-state index is 12.8. The summed E-state index contributed by atoms with van der Waals surface area (Å²) in [4.78, 5) is 19.2. The molecule has 3 nitrogen and oxygen atoms in total. The van der Waals surface area contributed by atoms with Gasteiger partial charge in [0.05, 0.1) is 0 Å². The first-order valence-electron chi connectivity index (χ1n) is 8.97. The SMILES string of the molecule is O=C(c1ccc(-c2ccccc2)cc1)N1CCC(C2=NC=CC2)CC1. The molecule has 0 bridgehead atoms. The summed E-state index contributed by atoms with van der Waals surface area (Å²) in [5.74, 6) is 0.684. The first-order valence-corrected chi connectivity index (χ1v) is 8.97. The number of rotatable bonds is 3. The molecule has 2 aliphatic heterocycles. The lowest BCUT2D eigenvalue weighted by molar-refractivity contribution is 0.0710. The molecule has 0 aromatic heterocycles. The fraction of sp³-hybridized carbons (Fsp3) is 0.273. The molecule has 0 unspecified atom stereocenters. The van der Waals surface area contributed by atoms with Crippen molar-refractivity contribution in [2.75, 3.05) is 13.1 Å². The Morgan fingerprint density at radius 1 is 0.920 bits per heavy atom. The van der Waals surface area contributed by atoms with Gasteiger partial charge < -0.3 is 4.90 Å². The molecule has 1 amide bonds. The van der Waals surface area contributed by atoms with E-state index in [-0.39, 0.29) is 5.91 Å². The van der Waals surface area contributed by atoms with E-state index in [9.17, 15) is 4.79 Å². The quantitative estimate of drug-likeness (QED) is 0.812. The number of nitrogens with zero attached hydrogens (tertiary/aromatic N) is 2. The zero-order valence-corrected chi connectivity index (χ0v) is 14.3. The highest BCUT2D eigenvalue weighted by Crippen LogP contribution is 2.25. The molecule has 2 heterocycles. The lowest BCUT2D eigenvalue weighted by atomic mass is 9.90. The van der Waals surface area contributed by atoms with Gasteiger partial charge in [-0.05, 0) is 36.1 Å². The molecule has 2 aliphatic rings. The van der Waals surface area contributed by atoms with E-state index in [0.29, 0.717) is 5.92 Å². The minimum absolute atomic E-state index is 0.143. The van der Waals surface area contributed by atoms with E-state index >= 15 is 0 Å². The van der Waals surface area contributed by atoms with Crippen LogP contribution in [-0.4, -0.2) is 29.6 Å². The van der Waals surface area contributed by atoms with Crippen LogP contribution in [-0.2, 0) is 0 Å². The van der Waals surface area contributed by atoms with Crippen LogP contribution in [0.3, 0.4) is 0 Å². The van der Waals surface area contributed by atoms with Gasteiger partial charge in [0.15, 0.2) is 0 Å². The first-order chi connectivity index (χ1) is 12.3. The molecule has 0 radical (unpaired) electrons. The van der Waals surface area contributed by atoms with Crippen LogP contribution in [0.15, 0.2) is 71.9 Å². The van der Waals surface area contributed by atoms with Gasteiger partial charge in [0.25, 0.3) is 5.91 Å². The lowest BCUT2D eigenvalue weighted by Gasteiger charge is -2.32. The van der Waals surface area contributed by atoms with Crippen molar-refractivity contribution in [2.24, 2.45) is 10.9 Å². The van der Waals surface area contributed by atoms with Crippen LogP contribution in [0.2, 0.25) is 0 Å². The van der Waals surface area contributed by atoms with E-state index in [1.165, 1.54) is 11.3 Å². The van der Waals surface area contributed by atoms with Gasteiger partial charge in [0.1, 0.15) is 0 Å². The number of benzene rings is 2. The Labute approximate surface area is 148 Å². The minimum Gasteiger partial charge on any atom is -0.339 e. The maximum atomic E-state index is 12.8. The van der Waals surface area contributed by atoms with Gasteiger partial charge in [0, 0.05) is 42.9 Å². The van der Waals surface area contributed by atoms with Crippen molar-refractivity contribution in [3.8, 4) is 11.1 Å².